The van der Waals surface area contributed by atoms with E-state index in [1.165, 1.54) is 6.92 Å². The largest absolute Gasteiger partial charge is 0.300 e. The summed E-state index contributed by atoms with van der Waals surface area (Å²) in [5, 5.41) is 0. The second-order valence-electron chi connectivity index (χ2n) is 3.29. The molecule has 0 spiro atoms. The van der Waals surface area contributed by atoms with Gasteiger partial charge >= 0.3 is 0 Å². The topological polar surface area (TPSA) is 34.1 Å². The summed E-state index contributed by atoms with van der Waals surface area (Å²) >= 11 is 3.23. The normalized spacial score (nSPS) is 12.2. The number of halogens is 1. The van der Waals surface area contributed by atoms with E-state index in [1.54, 1.807) is 0 Å². The number of carbonyl (C=O) groups excluding carboxylic acids is 2. The van der Waals surface area contributed by atoms with E-state index < -0.39 is 0 Å². The lowest BCUT2D eigenvalue weighted by Gasteiger charge is -2.07. The third-order valence-corrected chi connectivity index (χ3v) is 2.61. The molecule has 0 unspecified atom stereocenters. The first-order valence-electron chi connectivity index (χ1n) is 4.29. The number of ketones is 2. The van der Waals surface area contributed by atoms with Crippen LogP contribution in [0, 0.1) is 5.92 Å². The van der Waals surface area contributed by atoms with Crippen molar-refractivity contribution in [2.45, 2.75) is 33.1 Å². The van der Waals surface area contributed by atoms with Gasteiger partial charge in [0.2, 0.25) is 0 Å². The van der Waals surface area contributed by atoms with Crippen LogP contribution in [0.1, 0.15) is 33.1 Å². The monoisotopic (exact) mass is 246 g/mol. The molecule has 0 radical (unpaired) electrons. The summed E-state index contributed by atoms with van der Waals surface area (Å²) in [7, 11) is 0. The molecule has 1 atom stereocenters. The molecule has 0 aromatic carbocycles. The Morgan fingerprint density at radius 2 is 1.92 bits per heavy atom. The molecule has 0 rings (SSSR count). The standard InChI is InChI=1S/C10H15BrO2/c1-7(9(3)11)6-10(13)5-4-8(2)12/h7H,3-6H2,1-2H3/t7-/m1/s1. The van der Waals surface area contributed by atoms with E-state index in [0.29, 0.717) is 19.3 Å². The summed E-state index contributed by atoms with van der Waals surface area (Å²) in [5.41, 5.74) is 0. The SMILES string of the molecule is C=C(Br)[C@H](C)CC(=O)CCC(C)=O. The van der Waals surface area contributed by atoms with Gasteiger partial charge in [0.05, 0.1) is 0 Å². The van der Waals surface area contributed by atoms with Gasteiger partial charge in [-0.2, -0.15) is 0 Å². The number of carbonyl (C=O) groups is 2. The average Bonchev–Trinajstić information content (AvgIpc) is 2.00. The van der Waals surface area contributed by atoms with E-state index in [1.807, 2.05) is 6.92 Å². The Morgan fingerprint density at radius 1 is 1.38 bits per heavy atom. The van der Waals surface area contributed by atoms with Gasteiger partial charge in [-0.3, -0.25) is 4.79 Å². The molecule has 0 heterocycles. The van der Waals surface area contributed by atoms with Gasteiger partial charge in [0.1, 0.15) is 11.6 Å². The van der Waals surface area contributed by atoms with Crippen LogP contribution in [-0.4, -0.2) is 11.6 Å². The van der Waals surface area contributed by atoms with Crippen molar-refractivity contribution in [1.82, 2.24) is 0 Å². The number of rotatable bonds is 6. The van der Waals surface area contributed by atoms with Gasteiger partial charge in [-0.05, 0) is 17.3 Å². The van der Waals surface area contributed by atoms with E-state index in [4.69, 9.17) is 0 Å². The van der Waals surface area contributed by atoms with Crippen molar-refractivity contribution in [2.75, 3.05) is 0 Å². The summed E-state index contributed by atoms with van der Waals surface area (Å²) < 4.78 is 0.837. The Kier molecular flexibility index (Phi) is 5.88. The third-order valence-electron chi connectivity index (χ3n) is 1.82. The maximum absolute atomic E-state index is 11.2. The van der Waals surface area contributed by atoms with Gasteiger partial charge in [-0.15, -0.1) is 0 Å². The van der Waals surface area contributed by atoms with Crippen molar-refractivity contribution in [2.24, 2.45) is 5.92 Å². The molecule has 0 aliphatic carbocycles. The first-order valence-corrected chi connectivity index (χ1v) is 5.08. The summed E-state index contributed by atoms with van der Waals surface area (Å²) in [6, 6.07) is 0. The lowest BCUT2D eigenvalue weighted by atomic mass is 10.0. The van der Waals surface area contributed by atoms with Gasteiger partial charge in [-0.25, -0.2) is 0 Å². The van der Waals surface area contributed by atoms with Crippen LogP contribution in [0.25, 0.3) is 0 Å². The fraction of sp³-hybridized carbons (Fsp3) is 0.600. The van der Waals surface area contributed by atoms with Crippen LogP contribution in [0.3, 0.4) is 0 Å². The second kappa shape index (κ2) is 6.08. The first kappa shape index (κ1) is 12.6. The van der Waals surface area contributed by atoms with E-state index in [9.17, 15) is 9.59 Å². The number of hydrogen-bond donors (Lipinski definition) is 0. The van der Waals surface area contributed by atoms with E-state index >= 15 is 0 Å². The zero-order chi connectivity index (χ0) is 10.4. The minimum atomic E-state index is 0.0682. The van der Waals surface area contributed by atoms with Crippen molar-refractivity contribution >= 4 is 27.5 Å². The fourth-order valence-corrected chi connectivity index (χ4v) is 1.03. The van der Waals surface area contributed by atoms with Crippen molar-refractivity contribution in [3.63, 3.8) is 0 Å². The van der Waals surface area contributed by atoms with Crippen LogP contribution < -0.4 is 0 Å². The zero-order valence-electron chi connectivity index (χ0n) is 8.10. The Bertz CT molecular complexity index is 221. The average molecular weight is 247 g/mol. The highest BCUT2D eigenvalue weighted by Crippen LogP contribution is 2.19. The molecule has 0 bridgehead atoms. The number of hydrogen-bond acceptors (Lipinski definition) is 2. The second-order valence-corrected chi connectivity index (χ2v) is 4.31. The van der Waals surface area contributed by atoms with Crippen LogP contribution in [0.4, 0.5) is 0 Å². The van der Waals surface area contributed by atoms with E-state index in [-0.39, 0.29) is 17.5 Å². The van der Waals surface area contributed by atoms with Crippen LogP contribution in [0.5, 0.6) is 0 Å². The molecule has 0 saturated heterocycles. The van der Waals surface area contributed by atoms with Crippen molar-refractivity contribution in [1.29, 1.82) is 0 Å². The predicted molar refractivity (Wildman–Crippen MR) is 56.8 cm³/mol. The molecule has 2 nitrogen and oxygen atoms in total. The minimum absolute atomic E-state index is 0.0682. The molecule has 3 heteroatoms. The van der Waals surface area contributed by atoms with Crippen LogP contribution in [-0.2, 0) is 9.59 Å². The Labute approximate surface area is 87.5 Å². The number of allylic oxidation sites excluding steroid dienone is 1. The maximum atomic E-state index is 11.2. The molecule has 74 valence electrons. The van der Waals surface area contributed by atoms with Crippen LogP contribution in [0.15, 0.2) is 11.1 Å². The molecule has 0 aromatic heterocycles. The van der Waals surface area contributed by atoms with Gasteiger partial charge in [0, 0.05) is 19.3 Å². The highest BCUT2D eigenvalue weighted by atomic mass is 79.9. The maximum Gasteiger partial charge on any atom is 0.133 e. The summed E-state index contributed by atoms with van der Waals surface area (Å²) in [5.74, 6) is 0.349. The van der Waals surface area contributed by atoms with Gasteiger partial charge in [0.15, 0.2) is 0 Å². The van der Waals surface area contributed by atoms with E-state index in [2.05, 4.69) is 22.5 Å². The molecule has 0 aliphatic rings. The minimum Gasteiger partial charge on any atom is -0.300 e. The lowest BCUT2D eigenvalue weighted by Crippen LogP contribution is -2.06. The molecular weight excluding hydrogens is 232 g/mol. The van der Waals surface area contributed by atoms with Gasteiger partial charge < -0.3 is 4.79 Å². The van der Waals surface area contributed by atoms with Crippen LogP contribution in [0.2, 0.25) is 0 Å². The molecule has 0 saturated carbocycles. The molecule has 0 aliphatic heterocycles. The number of Topliss-reactive ketones (excluding diaryl/α,β-unsaturated/α-hetero) is 2. The molecular formula is C10H15BrO2. The first-order chi connectivity index (χ1) is 5.93. The van der Waals surface area contributed by atoms with Gasteiger partial charge in [-0.1, -0.05) is 29.4 Å². The molecule has 0 N–H and O–H groups in total. The zero-order valence-corrected chi connectivity index (χ0v) is 9.69. The summed E-state index contributed by atoms with van der Waals surface area (Å²) in [6.45, 7) is 7.13. The summed E-state index contributed by atoms with van der Waals surface area (Å²) in [4.78, 5) is 21.8. The van der Waals surface area contributed by atoms with Gasteiger partial charge in [0.25, 0.3) is 0 Å². The Morgan fingerprint density at radius 3 is 2.31 bits per heavy atom. The lowest BCUT2D eigenvalue weighted by molar-refractivity contribution is -0.123. The summed E-state index contributed by atoms with van der Waals surface area (Å²) in [6.07, 6.45) is 1.19. The molecule has 0 fully saturated rings. The smallest absolute Gasteiger partial charge is 0.133 e. The Balaban J connectivity index is 3.74. The van der Waals surface area contributed by atoms with Crippen LogP contribution >= 0.6 is 15.9 Å². The quantitative estimate of drug-likeness (QED) is 0.723. The Hall–Kier alpha value is -0.440. The molecule has 0 aromatic rings. The highest BCUT2D eigenvalue weighted by molar-refractivity contribution is 9.11. The van der Waals surface area contributed by atoms with Crippen molar-refractivity contribution in [3.8, 4) is 0 Å². The molecule has 0 amide bonds. The molecule has 13 heavy (non-hydrogen) atoms. The highest BCUT2D eigenvalue weighted by Gasteiger charge is 2.10. The van der Waals surface area contributed by atoms with Crippen molar-refractivity contribution < 1.29 is 9.59 Å². The predicted octanol–water partition coefficient (Wildman–Crippen LogP) is 2.86. The van der Waals surface area contributed by atoms with Crippen molar-refractivity contribution in [3.05, 3.63) is 11.1 Å². The third kappa shape index (κ3) is 6.70. The fourth-order valence-electron chi connectivity index (χ4n) is 0.870. The van der Waals surface area contributed by atoms with E-state index in [0.717, 1.165) is 4.48 Å².